The zero-order chi connectivity index (χ0) is 12.5. The van der Waals surface area contributed by atoms with Crippen LogP contribution in [0, 0.1) is 0 Å². The first-order chi connectivity index (χ1) is 8.75. The predicted molar refractivity (Wildman–Crippen MR) is 74.8 cm³/mol. The van der Waals surface area contributed by atoms with E-state index in [0.29, 0.717) is 0 Å². The second-order valence-electron chi connectivity index (χ2n) is 4.79. The highest BCUT2D eigenvalue weighted by Crippen LogP contribution is 2.36. The SMILES string of the molecule is OC1CCCc2c(-c3cccc(Cl)c3)cccc21. The van der Waals surface area contributed by atoms with Crippen molar-refractivity contribution in [2.24, 2.45) is 0 Å². The molecular weight excluding hydrogens is 244 g/mol. The second-order valence-corrected chi connectivity index (χ2v) is 5.23. The Hall–Kier alpha value is -1.31. The van der Waals surface area contributed by atoms with Gasteiger partial charge in [0.25, 0.3) is 0 Å². The second kappa shape index (κ2) is 4.75. The van der Waals surface area contributed by atoms with Crippen LogP contribution in [-0.4, -0.2) is 5.11 Å². The molecule has 2 aromatic rings. The van der Waals surface area contributed by atoms with Crippen molar-refractivity contribution in [1.82, 2.24) is 0 Å². The number of hydrogen-bond donors (Lipinski definition) is 1. The molecule has 0 fully saturated rings. The number of aliphatic hydroxyl groups excluding tert-OH is 1. The summed E-state index contributed by atoms with van der Waals surface area (Å²) in [4.78, 5) is 0. The number of rotatable bonds is 1. The van der Waals surface area contributed by atoms with Gasteiger partial charge >= 0.3 is 0 Å². The van der Waals surface area contributed by atoms with Gasteiger partial charge in [-0.1, -0.05) is 41.9 Å². The molecule has 1 aliphatic rings. The normalized spacial score (nSPS) is 18.4. The first-order valence-corrected chi connectivity index (χ1v) is 6.69. The van der Waals surface area contributed by atoms with Gasteiger partial charge in [0.05, 0.1) is 6.10 Å². The van der Waals surface area contributed by atoms with Gasteiger partial charge in [-0.2, -0.15) is 0 Å². The number of benzene rings is 2. The molecule has 2 aromatic carbocycles. The Balaban J connectivity index is 2.16. The summed E-state index contributed by atoms with van der Waals surface area (Å²) < 4.78 is 0. The van der Waals surface area contributed by atoms with Gasteiger partial charge in [-0.25, -0.2) is 0 Å². The Morgan fingerprint density at radius 1 is 1.11 bits per heavy atom. The average molecular weight is 259 g/mol. The van der Waals surface area contributed by atoms with Gasteiger partial charge in [-0.05, 0) is 53.6 Å². The third kappa shape index (κ3) is 2.05. The zero-order valence-corrected chi connectivity index (χ0v) is 10.8. The van der Waals surface area contributed by atoms with Crippen molar-refractivity contribution in [3.05, 3.63) is 58.6 Å². The minimum atomic E-state index is -0.312. The third-order valence-corrected chi connectivity index (χ3v) is 3.85. The lowest BCUT2D eigenvalue weighted by atomic mass is 9.84. The van der Waals surface area contributed by atoms with Gasteiger partial charge in [-0.15, -0.1) is 0 Å². The van der Waals surface area contributed by atoms with Crippen molar-refractivity contribution >= 4 is 11.6 Å². The van der Waals surface area contributed by atoms with Crippen LogP contribution in [-0.2, 0) is 6.42 Å². The number of fused-ring (bicyclic) bond motifs is 1. The van der Waals surface area contributed by atoms with Crippen molar-refractivity contribution in [2.45, 2.75) is 25.4 Å². The van der Waals surface area contributed by atoms with E-state index >= 15 is 0 Å². The Bertz CT molecular complexity index is 577. The lowest BCUT2D eigenvalue weighted by Gasteiger charge is -2.24. The maximum atomic E-state index is 10.1. The van der Waals surface area contributed by atoms with Gasteiger partial charge in [0.2, 0.25) is 0 Å². The van der Waals surface area contributed by atoms with Crippen LogP contribution in [0.2, 0.25) is 5.02 Å². The van der Waals surface area contributed by atoms with Gasteiger partial charge in [0.1, 0.15) is 0 Å². The molecule has 3 rings (SSSR count). The van der Waals surface area contributed by atoms with E-state index in [9.17, 15) is 5.11 Å². The molecule has 0 aromatic heterocycles. The quantitative estimate of drug-likeness (QED) is 0.805. The molecule has 0 saturated heterocycles. The van der Waals surface area contributed by atoms with Crippen molar-refractivity contribution in [3.8, 4) is 11.1 Å². The van der Waals surface area contributed by atoms with Crippen molar-refractivity contribution in [3.63, 3.8) is 0 Å². The van der Waals surface area contributed by atoms with Crippen LogP contribution in [0.3, 0.4) is 0 Å². The summed E-state index contributed by atoms with van der Waals surface area (Å²) in [6.07, 6.45) is 2.64. The summed E-state index contributed by atoms with van der Waals surface area (Å²) in [6.45, 7) is 0. The van der Waals surface area contributed by atoms with Crippen LogP contribution in [0.1, 0.15) is 30.1 Å². The molecule has 1 aliphatic carbocycles. The molecule has 2 heteroatoms. The summed E-state index contributed by atoms with van der Waals surface area (Å²) >= 11 is 6.06. The molecule has 0 bridgehead atoms. The lowest BCUT2D eigenvalue weighted by Crippen LogP contribution is -2.10. The molecule has 0 heterocycles. The molecular formula is C16H15ClO. The number of halogens is 1. The fraction of sp³-hybridized carbons (Fsp3) is 0.250. The first-order valence-electron chi connectivity index (χ1n) is 6.31. The molecule has 1 unspecified atom stereocenters. The van der Waals surface area contributed by atoms with Gasteiger partial charge in [-0.3, -0.25) is 0 Å². The smallest absolute Gasteiger partial charge is 0.0793 e. The highest BCUT2D eigenvalue weighted by Gasteiger charge is 2.20. The van der Waals surface area contributed by atoms with E-state index in [1.807, 2.05) is 30.3 Å². The molecule has 92 valence electrons. The average Bonchev–Trinajstić information content (AvgIpc) is 2.39. The fourth-order valence-corrected chi connectivity index (χ4v) is 2.94. The van der Waals surface area contributed by atoms with Crippen LogP contribution in [0.5, 0.6) is 0 Å². The van der Waals surface area contributed by atoms with E-state index < -0.39 is 0 Å². The van der Waals surface area contributed by atoms with E-state index in [0.717, 1.165) is 35.4 Å². The fourth-order valence-electron chi connectivity index (χ4n) is 2.75. The van der Waals surface area contributed by atoms with Gasteiger partial charge < -0.3 is 5.11 Å². The molecule has 18 heavy (non-hydrogen) atoms. The summed E-state index contributed by atoms with van der Waals surface area (Å²) in [5.41, 5.74) is 4.69. The maximum Gasteiger partial charge on any atom is 0.0793 e. The molecule has 1 N–H and O–H groups in total. The maximum absolute atomic E-state index is 10.1. The van der Waals surface area contributed by atoms with E-state index in [1.165, 1.54) is 11.1 Å². The van der Waals surface area contributed by atoms with Crippen LogP contribution in [0.15, 0.2) is 42.5 Å². The van der Waals surface area contributed by atoms with E-state index in [1.54, 1.807) is 0 Å². The summed E-state index contributed by atoms with van der Waals surface area (Å²) in [5.74, 6) is 0. The topological polar surface area (TPSA) is 20.2 Å². The van der Waals surface area contributed by atoms with E-state index in [2.05, 4.69) is 12.1 Å². The number of hydrogen-bond acceptors (Lipinski definition) is 1. The minimum absolute atomic E-state index is 0.312. The standard InChI is InChI=1S/C16H15ClO/c17-12-5-1-4-11(10-12)13-6-2-8-15-14(13)7-3-9-16(15)18/h1-2,4-6,8,10,16,18H,3,7,9H2. The van der Waals surface area contributed by atoms with Crippen LogP contribution < -0.4 is 0 Å². The van der Waals surface area contributed by atoms with Crippen LogP contribution in [0.25, 0.3) is 11.1 Å². The minimum Gasteiger partial charge on any atom is -0.388 e. The highest BCUT2D eigenvalue weighted by molar-refractivity contribution is 6.30. The first kappa shape index (κ1) is 11.8. The molecule has 0 amide bonds. The zero-order valence-electron chi connectivity index (χ0n) is 10.1. The molecule has 0 spiro atoms. The molecule has 0 aliphatic heterocycles. The third-order valence-electron chi connectivity index (χ3n) is 3.61. The molecule has 1 atom stereocenters. The van der Waals surface area contributed by atoms with Crippen LogP contribution in [0.4, 0.5) is 0 Å². The van der Waals surface area contributed by atoms with Crippen molar-refractivity contribution < 1.29 is 5.11 Å². The molecule has 0 radical (unpaired) electrons. The Morgan fingerprint density at radius 3 is 2.78 bits per heavy atom. The predicted octanol–water partition coefficient (Wildman–Crippen LogP) is 4.38. The summed E-state index contributed by atoms with van der Waals surface area (Å²) in [5, 5.41) is 10.8. The summed E-state index contributed by atoms with van der Waals surface area (Å²) in [7, 11) is 0. The Kier molecular flexibility index (Phi) is 3.11. The van der Waals surface area contributed by atoms with Crippen molar-refractivity contribution in [1.29, 1.82) is 0 Å². The monoisotopic (exact) mass is 258 g/mol. The molecule has 0 saturated carbocycles. The summed E-state index contributed by atoms with van der Waals surface area (Å²) in [6, 6.07) is 14.1. The molecule has 1 nitrogen and oxygen atoms in total. The van der Waals surface area contributed by atoms with Gasteiger partial charge in [0.15, 0.2) is 0 Å². The van der Waals surface area contributed by atoms with E-state index in [-0.39, 0.29) is 6.10 Å². The lowest BCUT2D eigenvalue weighted by molar-refractivity contribution is 0.156. The number of aliphatic hydroxyl groups is 1. The van der Waals surface area contributed by atoms with Gasteiger partial charge in [0, 0.05) is 5.02 Å². The van der Waals surface area contributed by atoms with Crippen LogP contribution >= 0.6 is 11.6 Å². The Morgan fingerprint density at radius 2 is 1.94 bits per heavy atom. The van der Waals surface area contributed by atoms with Crippen molar-refractivity contribution in [2.75, 3.05) is 0 Å². The highest BCUT2D eigenvalue weighted by atomic mass is 35.5. The van der Waals surface area contributed by atoms with E-state index in [4.69, 9.17) is 11.6 Å². The largest absolute Gasteiger partial charge is 0.388 e. The Labute approximate surface area is 112 Å².